The lowest BCUT2D eigenvalue weighted by Crippen LogP contribution is -2.51. The van der Waals surface area contributed by atoms with Crippen LogP contribution in [0.2, 0.25) is 0 Å². The second-order valence-corrected chi connectivity index (χ2v) is 6.71. The molecule has 1 saturated heterocycles. The zero-order valence-corrected chi connectivity index (χ0v) is 15.0. The van der Waals surface area contributed by atoms with Gasteiger partial charge in [0.05, 0.1) is 5.41 Å². The topological polar surface area (TPSA) is 75.3 Å². The van der Waals surface area contributed by atoms with Crippen molar-refractivity contribution in [3.05, 3.63) is 65.2 Å². The molecule has 2 N–H and O–H groups in total. The number of anilines is 1. The lowest BCUT2D eigenvalue weighted by atomic mass is 9.72. The summed E-state index contributed by atoms with van der Waals surface area (Å²) in [5.74, 6) is -0.637. The Morgan fingerprint density at radius 1 is 1.15 bits per heavy atom. The predicted molar refractivity (Wildman–Crippen MR) is 99.9 cm³/mol. The van der Waals surface area contributed by atoms with Gasteiger partial charge >= 0.3 is 0 Å². The fourth-order valence-electron chi connectivity index (χ4n) is 3.43. The first-order valence-electron chi connectivity index (χ1n) is 8.77. The predicted octanol–water partition coefficient (Wildman–Crippen LogP) is 3.33. The van der Waals surface area contributed by atoms with E-state index < -0.39 is 5.41 Å². The Morgan fingerprint density at radius 2 is 1.88 bits per heavy atom. The Morgan fingerprint density at radius 3 is 2.50 bits per heavy atom. The van der Waals surface area contributed by atoms with Crippen LogP contribution in [0.15, 0.2) is 48.5 Å². The van der Waals surface area contributed by atoms with Crippen molar-refractivity contribution in [2.45, 2.75) is 38.5 Å². The van der Waals surface area contributed by atoms with Crippen LogP contribution in [0.3, 0.4) is 0 Å². The van der Waals surface area contributed by atoms with Crippen LogP contribution in [0, 0.1) is 6.92 Å². The number of benzene rings is 2. The van der Waals surface area contributed by atoms with Crippen LogP contribution in [0.4, 0.5) is 5.69 Å². The Bertz CT molecular complexity index is 858. The highest BCUT2D eigenvalue weighted by atomic mass is 16.2. The fraction of sp³-hybridized carbons (Fsp3) is 0.286. The first-order chi connectivity index (χ1) is 12.4. The molecular formula is C21H22N2O3. The molecular weight excluding hydrogens is 328 g/mol. The van der Waals surface area contributed by atoms with E-state index in [4.69, 9.17) is 0 Å². The number of piperidine rings is 1. The van der Waals surface area contributed by atoms with Gasteiger partial charge in [-0.15, -0.1) is 0 Å². The zero-order chi connectivity index (χ0) is 18.7. The van der Waals surface area contributed by atoms with Crippen LogP contribution in [0.5, 0.6) is 0 Å². The van der Waals surface area contributed by atoms with Gasteiger partial charge in [0.1, 0.15) is 0 Å². The van der Waals surface area contributed by atoms with Crippen molar-refractivity contribution in [2.75, 3.05) is 5.32 Å². The summed E-state index contributed by atoms with van der Waals surface area (Å²) in [6.45, 7) is 3.89. The standard InChI is InChI=1S/C21H22N2O3/c1-3-21(12-11-18(24)23-20(21)26)16-7-9-17(10-8-16)22-19(25)15-6-4-5-14(2)13-15/h4-10,13H,3,11-12H2,1-2H3,(H,22,25)(H,23,24,26). The van der Waals surface area contributed by atoms with E-state index in [2.05, 4.69) is 10.6 Å². The second-order valence-electron chi connectivity index (χ2n) is 6.71. The van der Waals surface area contributed by atoms with Gasteiger partial charge in [-0.2, -0.15) is 0 Å². The summed E-state index contributed by atoms with van der Waals surface area (Å²) >= 11 is 0. The van der Waals surface area contributed by atoms with E-state index in [1.807, 2.05) is 44.2 Å². The first kappa shape index (κ1) is 17.9. The van der Waals surface area contributed by atoms with Crippen LogP contribution < -0.4 is 10.6 Å². The molecule has 3 amide bonds. The number of hydrogen-bond acceptors (Lipinski definition) is 3. The quantitative estimate of drug-likeness (QED) is 0.831. The largest absolute Gasteiger partial charge is 0.322 e. The van der Waals surface area contributed by atoms with E-state index in [0.717, 1.165) is 11.1 Å². The lowest BCUT2D eigenvalue weighted by Gasteiger charge is -2.35. The molecule has 0 aliphatic carbocycles. The average Bonchev–Trinajstić information content (AvgIpc) is 2.63. The molecule has 1 aliphatic rings. The van der Waals surface area contributed by atoms with E-state index in [1.54, 1.807) is 18.2 Å². The Balaban J connectivity index is 1.79. The molecule has 1 aliphatic heterocycles. The molecule has 134 valence electrons. The summed E-state index contributed by atoms with van der Waals surface area (Å²) in [5, 5.41) is 5.32. The Labute approximate surface area is 152 Å². The minimum absolute atomic E-state index is 0.173. The SMILES string of the molecule is CCC1(c2ccc(NC(=O)c3cccc(C)c3)cc2)CCC(=O)NC1=O. The molecule has 3 rings (SSSR count). The van der Waals surface area contributed by atoms with Gasteiger partial charge in [0, 0.05) is 17.7 Å². The number of imide groups is 1. The lowest BCUT2D eigenvalue weighted by molar-refractivity contribution is -0.138. The third-order valence-corrected chi connectivity index (χ3v) is 5.05. The molecule has 1 heterocycles. The molecule has 0 aromatic heterocycles. The van der Waals surface area contributed by atoms with E-state index in [1.165, 1.54) is 0 Å². The van der Waals surface area contributed by atoms with Crippen LogP contribution >= 0.6 is 0 Å². The second kappa shape index (κ2) is 7.12. The smallest absolute Gasteiger partial charge is 0.255 e. The Kier molecular flexibility index (Phi) is 4.89. The van der Waals surface area contributed by atoms with E-state index in [0.29, 0.717) is 30.5 Å². The molecule has 0 spiro atoms. The van der Waals surface area contributed by atoms with Gasteiger partial charge in [-0.1, -0.05) is 36.8 Å². The monoisotopic (exact) mass is 350 g/mol. The van der Waals surface area contributed by atoms with Crippen molar-refractivity contribution in [1.82, 2.24) is 5.32 Å². The van der Waals surface area contributed by atoms with Crippen molar-refractivity contribution in [3.8, 4) is 0 Å². The van der Waals surface area contributed by atoms with Crippen LogP contribution in [0.1, 0.15) is 47.7 Å². The van der Waals surface area contributed by atoms with Crippen molar-refractivity contribution in [3.63, 3.8) is 0 Å². The molecule has 1 atom stereocenters. The number of rotatable bonds is 4. The number of hydrogen-bond donors (Lipinski definition) is 2. The summed E-state index contributed by atoms with van der Waals surface area (Å²) in [7, 11) is 0. The normalized spacial score (nSPS) is 19.8. The van der Waals surface area contributed by atoms with E-state index in [9.17, 15) is 14.4 Å². The summed E-state index contributed by atoms with van der Waals surface area (Å²) in [6.07, 6.45) is 1.45. The van der Waals surface area contributed by atoms with E-state index in [-0.39, 0.29) is 17.7 Å². The molecule has 2 aromatic rings. The maximum atomic E-state index is 12.4. The van der Waals surface area contributed by atoms with Crippen molar-refractivity contribution >= 4 is 23.4 Å². The molecule has 5 heteroatoms. The van der Waals surface area contributed by atoms with Crippen LogP contribution in [0.25, 0.3) is 0 Å². The molecule has 0 radical (unpaired) electrons. The molecule has 26 heavy (non-hydrogen) atoms. The molecule has 5 nitrogen and oxygen atoms in total. The molecule has 2 aromatic carbocycles. The third kappa shape index (κ3) is 3.38. The zero-order valence-electron chi connectivity index (χ0n) is 15.0. The highest BCUT2D eigenvalue weighted by Gasteiger charge is 2.42. The number of carbonyl (C=O) groups is 3. The van der Waals surface area contributed by atoms with Gasteiger partial charge in [0.25, 0.3) is 5.91 Å². The summed E-state index contributed by atoms with van der Waals surface area (Å²) in [5.41, 5.74) is 2.46. The number of aryl methyl sites for hydroxylation is 1. The summed E-state index contributed by atoms with van der Waals surface area (Å²) in [6, 6.07) is 14.7. The molecule has 0 saturated carbocycles. The number of amides is 3. The van der Waals surface area contributed by atoms with Crippen molar-refractivity contribution < 1.29 is 14.4 Å². The van der Waals surface area contributed by atoms with Gasteiger partial charge in [0.2, 0.25) is 11.8 Å². The first-order valence-corrected chi connectivity index (χ1v) is 8.77. The Hall–Kier alpha value is -2.95. The highest BCUT2D eigenvalue weighted by molar-refractivity contribution is 6.05. The van der Waals surface area contributed by atoms with Gasteiger partial charge in [-0.05, 0) is 49.6 Å². The maximum absolute atomic E-state index is 12.4. The number of nitrogens with one attached hydrogen (secondary N) is 2. The van der Waals surface area contributed by atoms with Gasteiger partial charge in [0.15, 0.2) is 0 Å². The van der Waals surface area contributed by atoms with Crippen molar-refractivity contribution in [1.29, 1.82) is 0 Å². The third-order valence-electron chi connectivity index (χ3n) is 5.05. The van der Waals surface area contributed by atoms with Gasteiger partial charge in [-0.25, -0.2) is 0 Å². The van der Waals surface area contributed by atoms with Crippen LogP contribution in [-0.2, 0) is 15.0 Å². The summed E-state index contributed by atoms with van der Waals surface area (Å²) < 4.78 is 0. The minimum Gasteiger partial charge on any atom is -0.322 e. The summed E-state index contributed by atoms with van der Waals surface area (Å²) in [4.78, 5) is 36.2. The van der Waals surface area contributed by atoms with Crippen LogP contribution in [-0.4, -0.2) is 17.7 Å². The van der Waals surface area contributed by atoms with Crippen molar-refractivity contribution in [2.24, 2.45) is 0 Å². The minimum atomic E-state index is -0.688. The molecule has 1 fully saturated rings. The fourth-order valence-corrected chi connectivity index (χ4v) is 3.43. The van der Waals surface area contributed by atoms with Gasteiger partial charge in [-0.3, -0.25) is 19.7 Å². The highest BCUT2D eigenvalue weighted by Crippen LogP contribution is 2.36. The number of carbonyl (C=O) groups excluding carboxylic acids is 3. The van der Waals surface area contributed by atoms with Gasteiger partial charge < -0.3 is 5.32 Å². The van der Waals surface area contributed by atoms with E-state index >= 15 is 0 Å². The maximum Gasteiger partial charge on any atom is 0.255 e. The molecule has 0 bridgehead atoms. The average molecular weight is 350 g/mol. The molecule has 1 unspecified atom stereocenters.